The smallest absolute Gasteiger partial charge is 0.341 e. The van der Waals surface area contributed by atoms with Gasteiger partial charge in [0.25, 0.3) is 5.56 Å². The number of fused-ring (bicyclic) bond motifs is 1. The molecule has 1 saturated heterocycles. The maximum atomic E-state index is 13.5. The summed E-state index contributed by atoms with van der Waals surface area (Å²) in [5.41, 5.74) is -2.02. The van der Waals surface area contributed by atoms with Crippen LogP contribution in [0.5, 0.6) is 0 Å². The Morgan fingerprint density at radius 3 is 2.38 bits per heavy atom. The normalized spacial score (nSPS) is 19.1. The Bertz CT molecular complexity index is 1380. The largest absolute Gasteiger partial charge is 0.416 e. The Hall–Kier alpha value is -2.88. The molecule has 0 unspecified atom stereocenters. The van der Waals surface area contributed by atoms with Crippen molar-refractivity contribution in [3.05, 3.63) is 61.1 Å². The molecule has 10 heteroatoms. The lowest BCUT2D eigenvalue weighted by Crippen LogP contribution is -2.46. The van der Waals surface area contributed by atoms with Crippen molar-refractivity contribution in [1.29, 1.82) is 0 Å². The van der Waals surface area contributed by atoms with Crippen LogP contribution in [0.25, 0.3) is 15.9 Å². The van der Waals surface area contributed by atoms with Crippen LogP contribution in [0.2, 0.25) is 0 Å². The van der Waals surface area contributed by atoms with Crippen molar-refractivity contribution >= 4 is 27.5 Å². The minimum atomic E-state index is -4.63. The van der Waals surface area contributed by atoms with Crippen LogP contribution in [0.1, 0.15) is 36.3 Å². The maximum Gasteiger partial charge on any atom is 0.416 e. The predicted molar refractivity (Wildman–Crippen MR) is 126 cm³/mol. The molecule has 1 amide bonds. The number of carbonyl (C=O) groups excluding carboxylic acids is 1. The van der Waals surface area contributed by atoms with Gasteiger partial charge in [0.1, 0.15) is 11.4 Å². The van der Waals surface area contributed by atoms with Crippen LogP contribution >= 0.6 is 11.3 Å². The second-order valence-electron chi connectivity index (χ2n) is 9.27. The molecule has 0 saturated carbocycles. The van der Waals surface area contributed by atoms with Gasteiger partial charge in [-0.1, -0.05) is 19.9 Å². The van der Waals surface area contributed by atoms with Crippen molar-refractivity contribution < 1.29 is 18.0 Å². The molecule has 34 heavy (non-hydrogen) atoms. The number of hydrogen-bond acceptors (Lipinski definition) is 4. The van der Waals surface area contributed by atoms with Gasteiger partial charge in [-0.15, -0.1) is 11.3 Å². The lowest BCUT2D eigenvalue weighted by Gasteiger charge is -2.35. The van der Waals surface area contributed by atoms with Crippen molar-refractivity contribution in [2.45, 2.75) is 46.8 Å². The van der Waals surface area contributed by atoms with Gasteiger partial charge in [-0.05, 0) is 55.9 Å². The molecular weight excluding hydrogens is 467 g/mol. The third-order valence-corrected chi connectivity index (χ3v) is 7.63. The highest BCUT2D eigenvalue weighted by Crippen LogP contribution is 2.31. The molecule has 4 rings (SSSR count). The molecule has 3 heterocycles. The number of likely N-dealkylation sites (tertiary alicyclic amines) is 1. The van der Waals surface area contributed by atoms with Crippen LogP contribution in [0, 0.1) is 25.7 Å². The van der Waals surface area contributed by atoms with Crippen LogP contribution in [0.15, 0.2) is 33.9 Å². The fourth-order valence-electron chi connectivity index (χ4n) is 4.75. The van der Waals surface area contributed by atoms with E-state index in [-0.39, 0.29) is 23.5 Å². The standard InChI is InChI=1S/C24H26F3N3O3S/c1-13-8-14(2)11-28(10-13)19(31)12-29-22-20(15(3)16(4)34-22)21(32)30(23(29)33)18-7-5-6-17(9-18)24(25,26)27/h5-7,9,13-14H,8,10-12H2,1-4H3/t13-,14+. The summed E-state index contributed by atoms with van der Waals surface area (Å²) in [5, 5.41) is 0.243. The van der Waals surface area contributed by atoms with Gasteiger partial charge in [0, 0.05) is 18.0 Å². The second kappa shape index (κ2) is 8.72. The molecule has 0 bridgehead atoms. The fourth-order valence-corrected chi connectivity index (χ4v) is 5.89. The van der Waals surface area contributed by atoms with E-state index in [1.807, 2.05) is 0 Å². The van der Waals surface area contributed by atoms with E-state index in [2.05, 4.69) is 13.8 Å². The first kappa shape index (κ1) is 24.3. The Labute approximate surface area is 198 Å². The number of aromatic nitrogens is 2. The minimum Gasteiger partial charge on any atom is -0.341 e. The zero-order chi connectivity index (χ0) is 24.9. The van der Waals surface area contributed by atoms with E-state index in [4.69, 9.17) is 0 Å². The summed E-state index contributed by atoms with van der Waals surface area (Å²) in [6.07, 6.45) is -3.62. The van der Waals surface area contributed by atoms with Crippen LogP contribution < -0.4 is 11.2 Å². The van der Waals surface area contributed by atoms with Crippen molar-refractivity contribution in [2.24, 2.45) is 11.8 Å². The zero-order valence-corrected chi connectivity index (χ0v) is 20.2. The van der Waals surface area contributed by atoms with E-state index in [0.717, 1.165) is 34.1 Å². The zero-order valence-electron chi connectivity index (χ0n) is 19.4. The number of thiophene rings is 1. The van der Waals surface area contributed by atoms with Crippen LogP contribution in [0.3, 0.4) is 0 Å². The summed E-state index contributed by atoms with van der Waals surface area (Å²) < 4.78 is 41.9. The van der Waals surface area contributed by atoms with Gasteiger partial charge in [-0.25, -0.2) is 9.36 Å². The van der Waals surface area contributed by atoms with E-state index in [0.29, 0.717) is 35.3 Å². The third-order valence-electron chi connectivity index (χ3n) is 6.40. The monoisotopic (exact) mass is 493 g/mol. The van der Waals surface area contributed by atoms with Gasteiger partial charge in [-0.2, -0.15) is 13.2 Å². The number of nitrogens with zero attached hydrogens (tertiary/aromatic N) is 3. The molecule has 1 aromatic carbocycles. The highest BCUT2D eigenvalue weighted by atomic mass is 32.1. The van der Waals surface area contributed by atoms with Gasteiger partial charge in [0.05, 0.1) is 16.6 Å². The van der Waals surface area contributed by atoms with Crippen molar-refractivity contribution in [3.63, 3.8) is 0 Å². The molecule has 6 nitrogen and oxygen atoms in total. The highest BCUT2D eigenvalue weighted by Gasteiger charge is 2.31. The number of carbonyl (C=O) groups is 1. The molecule has 3 aromatic rings. The van der Waals surface area contributed by atoms with E-state index in [1.54, 1.807) is 18.7 Å². The third kappa shape index (κ3) is 4.31. The van der Waals surface area contributed by atoms with E-state index in [9.17, 15) is 27.6 Å². The Kier molecular flexibility index (Phi) is 6.22. The van der Waals surface area contributed by atoms with E-state index in [1.165, 1.54) is 22.0 Å². The molecule has 1 fully saturated rings. The number of halogens is 3. The molecular formula is C24H26F3N3O3S. The van der Waals surface area contributed by atoms with Gasteiger partial charge >= 0.3 is 11.9 Å². The Morgan fingerprint density at radius 2 is 1.76 bits per heavy atom. The lowest BCUT2D eigenvalue weighted by molar-refractivity contribution is -0.137. The van der Waals surface area contributed by atoms with E-state index < -0.39 is 23.0 Å². The van der Waals surface area contributed by atoms with Gasteiger partial charge in [-0.3, -0.25) is 14.2 Å². The van der Waals surface area contributed by atoms with Crippen LogP contribution in [-0.4, -0.2) is 33.0 Å². The first-order valence-electron chi connectivity index (χ1n) is 11.1. The average molecular weight is 494 g/mol. The summed E-state index contributed by atoms with van der Waals surface area (Å²) >= 11 is 1.23. The highest BCUT2D eigenvalue weighted by molar-refractivity contribution is 7.18. The topological polar surface area (TPSA) is 64.3 Å². The number of rotatable bonds is 3. The number of amides is 1. The lowest BCUT2D eigenvalue weighted by atomic mass is 9.92. The molecule has 0 N–H and O–H groups in total. The number of aryl methyl sites for hydroxylation is 2. The summed E-state index contributed by atoms with van der Waals surface area (Å²) in [6.45, 7) is 8.55. The van der Waals surface area contributed by atoms with Crippen LogP contribution in [0.4, 0.5) is 13.2 Å². The summed E-state index contributed by atoms with van der Waals surface area (Å²) in [6, 6.07) is 4.11. The number of hydrogen-bond donors (Lipinski definition) is 0. The second-order valence-corrected chi connectivity index (χ2v) is 10.5. The first-order valence-corrected chi connectivity index (χ1v) is 11.9. The molecule has 1 aliphatic heterocycles. The molecule has 0 spiro atoms. The van der Waals surface area contributed by atoms with Gasteiger partial charge < -0.3 is 4.90 Å². The van der Waals surface area contributed by atoms with Gasteiger partial charge in [0.15, 0.2) is 0 Å². The van der Waals surface area contributed by atoms with Crippen LogP contribution in [-0.2, 0) is 17.5 Å². The average Bonchev–Trinajstić information content (AvgIpc) is 3.04. The minimum absolute atomic E-state index is 0.184. The molecule has 0 radical (unpaired) electrons. The maximum absolute atomic E-state index is 13.5. The Balaban J connectivity index is 1.90. The Morgan fingerprint density at radius 1 is 1.12 bits per heavy atom. The molecule has 1 aliphatic rings. The molecule has 182 valence electrons. The SMILES string of the molecule is Cc1sc2c(c1C)c(=O)n(-c1cccc(C(F)(F)F)c1)c(=O)n2CC(=O)N1C[C@H](C)C[C@H](C)C1. The van der Waals surface area contributed by atoms with E-state index >= 15 is 0 Å². The number of benzene rings is 1. The quantitative estimate of drug-likeness (QED) is 0.545. The summed E-state index contributed by atoms with van der Waals surface area (Å²) in [4.78, 5) is 43.0. The summed E-state index contributed by atoms with van der Waals surface area (Å²) in [7, 11) is 0. The predicted octanol–water partition coefficient (Wildman–Crippen LogP) is 4.35. The number of alkyl halides is 3. The van der Waals surface area contributed by atoms with Crippen molar-refractivity contribution in [2.75, 3.05) is 13.1 Å². The summed E-state index contributed by atoms with van der Waals surface area (Å²) in [5.74, 6) is 0.407. The molecule has 2 atom stereocenters. The first-order chi connectivity index (χ1) is 15.9. The molecule has 0 aliphatic carbocycles. The van der Waals surface area contributed by atoms with Crippen molar-refractivity contribution in [3.8, 4) is 5.69 Å². The molecule has 2 aromatic heterocycles. The fraction of sp³-hybridized carbons (Fsp3) is 0.458. The van der Waals surface area contributed by atoms with Gasteiger partial charge in [0.2, 0.25) is 5.91 Å². The van der Waals surface area contributed by atoms with Crippen molar-refractivity contribution in [1.82, 2.24) is 14.0 Å². The number of piperidine rings is 1.